The monoisotopic (exact) mass is 335 g/mol. The van der Waals surface area contributed by atoms with Gasteiger partial charge in [-0.3, -0.25) is 0 Å². The zero-order valence-corrected chi connectivity index (χ0v) is 13.1. The fraction of sp³-hybridized carbons (Fsp3) is 0.400. The van der Waals surface area contributed by atoms with Gasteiger partial charge in [0.05, 0.1) is 13.2 Å². The van der Waals surface area contributed by atoms with Crippen LogP contribution in [0.4, 0.5) is 0 Å². The van der Waals surface area contributed by atoms with Crippen molar-refractivity contribution in [2.24, 2.45) is 5.73 Å². The van der Waals surface area contributed by atoms with Crippen LogP contribution in [0.5, 0.6) is 5.75 Å². The lowest BCUT2D eigenvalue weighted by molar-refractivity contribution is 0.352. The van der Waals surface area contributed by atoms with Gasteiger partial charge in [0.25, 0.3) is 0 Å². The molecule has 3 rings (SSSR count). The highest BCUT2D eigenvalue weighted by molar-refractivity contribution is 9.10. The average molecular weight is 336 g/mol. The number of hydrogen-bond donors (Lipinski definition) is 1. The van der Waals surface area contributed by atoms with Gasteiger partial charge < -0.3 is 15.0 Å². The van der Waals surface area contributed by atoms with E-state index >= 15 is 0 Å². The Kier molecular flexibility index (Phi) is 3.81. The zero-order chi connectivity index (χ0) is 14.1. The quantitative estimate of drug-likeness (QED) is 0.933. The van der Waals surface area contributed by atoms with Crippen molar-refractivity contribution in [3.63, 3.8) is 0 Å². The molecule has 2 aromatic rings. The van der Waals surface area contributed by atoms with E-state index in [0.717, 1.165) is 42.0 Å². The first kappa shape index (κ1) is 13.6. The number of aromatic nitrogens is 2. The average Bonchev–Trinajstić information content (AvgIpc) is 2.98. The van der Waals surface area contributed by atoms with Gasteiger partial charge >= 0.3 is 0 Å². The highest BCUT2D eigenvalue weighted by Crippen LogP contribution is 2.33. The summed E-state index contributed by atoms with van der Waals surface area (Å²) in [7, 11) is 0. The maximum atomic E-state index is 5.87. The molecular formula is C15H18BrN3O. The third-order valence-corrected chi connectivity index (χ3v) is 3.93. The molecule has 0 amide bonds. The second-order valence-corrected chi connectivity index (χ2v) is 6.22. The Labute approximate surface area is 127 Å². The first-order valence-electron chi connectivity index (χ1n) is 6.83. The van der Waals surface area contributed by atoms with Gasteiger partial charge in [-0.1, -0.05) is 15.9 Å². The van der Waals surface area contributed by atoms with Gasteiger partial charge in [-0.25, -0.2) is 4.98 Å². The first-order valence-corrected chi connectivity index (χ1v) is 7.62. The Morgan fingerprint density at radius 1 is 1.50 bits per heavy atom. The van der Waals surface area contributed by atoms with Crippen LogP contribution in [0.3, 0.4) is 0 Å². The Bertz CT molecular complexity index is 622. The van der Waals surface area contributed by atoms with Crippen molar-refractivity contribution in [2.75, 3.05) is 6.61 Å². The minimum Gasteiger partial charge on any atom is -0.493 e. The summed E-state index contributed by atoms with van der Waals surface area (Å²) in [6.45, 7) is 3.54. The normalized spacial score (nSPS) is 14.9. The Morgan fingerprint density at radius 2 is 2.35 bits per heavy atom. The molecule has 5 heteroatoms. The van der Waals surface area contributed by atoms with Crippen LogP contribution in [0.25, 0.3) is 0 Å². The molecule has 4 nitrogen and oxygen atoms in total. The fourth-order valence-corrected chi connectivity index (χ4v) is 3.16. The van der Waals surface area contributed by atoms with E-state index in [0.29, 0.717) is 0 Å². The zero-order valence-electron chi connectivity index (χ0n) is 11.5. The second kappa shape index (κ2) is 5.58. The molecule has 1 aliphatic heterocycles. The number of rotatable bonds is 4. The molecule has 1 aliphatic rings. The number of nitrogens with zero attached hydrogens (tertiary/aromatic N) is 2. The molecule has 0 radical (unpaired) electrons. The number of imidazole rings is 1. The predicted molar refractivity (Wildman–Crippen MR) is 82.0 cm³/mol. The minimum absolute atomic E-state index is 0.112. The lowest BCUT2D eigenvalue weighted by Crippen LogP contribution is -2.20. The summed E-state index contributed by atoms with van der Waals surface area (Å²) in [5.41, 5.74) is 8.35. The lowest BCUT2D eigenvalue weighted by atomic mass is 10.1. The van der Waals surface area contributed by atoms with Crippen LogP contribution in [-0.4, -0.2) is 22.2 Å². The van der Waals surface area contributed by atoms with E-state index < -0.39 is 0 Å². The molecule has 1 aromatic carbocycles. The third kappa shape index (κ3) is 2.74. The van der Waals surface area contributed by atoms with E-state index in [2.05, 4.69) is 37.6 Å². The molecule has 0 spiro atoms. The van der Waals surface area contributed by atoms with Crippen LogP contribution in [0.1, 0.15) is 23.9 Å². The molecule has 2 heterocycles. The second-order valence-electron chi connectivity index (χ2n) is 5.30. The number of halogens is 1. The van der Waals surface area contributed by atoms with E-state index in [4.69, 9.17) is 10.5 Å². The van der Waals surface area contributed by atoms with Crippen molar-refractivity contribution in [1.82, 2.24) is 9.55 Å². The molecule has 2 N–H and O–H groups in total. The summed E-state index contributed by atoms with van der Waals surface area (Å²) in [6, 6.07) is 4.38. The first-order chi connectivity index (χ1) is 9.63. The summed E-state index contributed by atoms with van der Waals surface area (Å²) >= 11 is 3.58. The third-order valence-electron chi connectivity index (χ3n) is 3.47. The summed E-state index contributed by atoms with van der Waals surface area (Å²) in [5.74, 6) is 2.06. The smallest absolute Gasteiger partial charge is 0.127 e. The minimum atomic E-state index is 0.112. The van der Waals surface area contributed by atoms with Crippen LogP contribution in [0, 0.1) is 0 Å². The summed E-state index contributed by atoms with van der Waals surface area (Å²) < 4.78 is 9.02. The SMILES string of the molecule is CC(N)Cc1nccn1Cc1cc(Br)cc2c1OCC2. The fourth-order valence-electron chi connectivity index (χ4n) is 2.61. The number of benzene rings is 1. The predicted octanol–water partition coefficient (Wildman–Crippen LogP) is 2.52. The summed E-state index contributed by atoms with van der Waals surface area (Å²) in [6.07, 6.45) is 5.60. The van der Waals surface area contributed by atoms with Gasteiger partial charge in [-0.15, -0.1) is 0 Å². The Hall–Kier alpha value is -1.33. The molecule has 1 unspecified atom stereocenters. The number of hydrogen-bond acceptors (Lipinski definition) is 3. The molecule has 0 fully saturated rings. The van der Waals surface area contributed by atoms with E-state index in [1.165, 1.54) is 11.1 Å². The number of fused-ring (bicyclic) bond motifs is 1. The van der Waals surface area contributed by atoms with Crippen molar-refractivity contribution in [3.05, 3.63) is 46.0 Å². The van der Waals surface area contributed by atoms with Crippen LogP contribution >= 0.6 is 15.9 Å². The van der Waals surface area contributed by atoms with Crippen molar-refractivity contribution < 1.29 is 4.74 Å². The highest BCUT2D eigenvalue weighted by atomic mass is 79.9. The van der Waals surface area contributed by atoms with Crippen molar-refractivity contribution in [1.29, 1.82) is 0 Å². The molecular weight excluding hydrogens is 318 g/mol. The van der Waals surface area contributed by atoms with E-state index in [-0.39, 0.29) is 6.04 Å². The van der Waals surface area contributed by atoms with Gasteiger partial charge in [-0.2, -0.15) is 0 Å². The lowest BCUT2D eigenvalue weighted by Gasteiger charge is -2.13. The molecule has 1 atom stereocenters. The van der Waals surface area contributed by atoms with E-state index in [9.17, 15) is 0 Å². The van der Waals surface area contributed by atoms with Gasteiger partial charge in [0.2, 0.25) is 0 Å². The van der Waals surface area contributed by atoms with E-state index in [1.54, 1.807) is 0 Å². The molecule has 106 valence electrons. The maximum absolute atomic E-state index is 5.87. The van der Waals surface area contributed by atoms with Gasteiger partial charge in [-0.05, 0) is 24.6 Å². The Morgan fingerprint density at radius 3 is 3.15 bits per heavy atom. The van der Waals surface area contributed by atoms with Crippen molar-refractivity contribution >= 4 is 15.9 Å². The van der Waals surface area contributed by atoms with Crippen LogP contribution in [-0.2, 0) is 19.4 Å². The largest absolute Gasteiger partial charge is 0.493 e. The van der Waals surface area contributed by atoms with Crippen LogP contribution < -0.4 is 10.5 Å². The van der Waals surface area contributed by atoms with Gasteiger partial charge in [0.1, 0.15) is 11.6 Å². The van der Waals surface area contributed by atoms with E-state index in [1.807, 2.05) is 19.3 Å². The number of ether oxygens (including phenoxy) is 1. The standard InChI is InChI=1S/C15H18BrN3O/c1-10(17)6-14-18-3-4-19(14)9-12-8-13(16)7-11-2-5-20-15(11)12/h3-4,7-8,10H,2,5-6,9,17H2,1H3. The topological polar surface area (TPSA) is 53.1 Å². The van der Waals surface area contributed by atoms with Crippen molar-refractivity contribution in [2.45, 2.75) is 32.4 Å². The maximum Gasteiger partial charge on any atom is 0.127 e. The van der Waals surface area contributed by atoms with Gasteiger partial charge in [0.15, 0.2) is 0 Å². The summed E-state index contributed by atoms with van der Waals surface area (Å²) in [4.78, 5) is 4.40. The highest BCUT2D eigenvalue weighted by Gasteiger charge is 2.18. The Balaban J connectivity index is 1.90. The molecule has 20 heavy (non-hydrogen) atoms. The van der Waals surface area contributed by atoms with Crippen molar-refractivity contribution in [3.8, 4) is 5.75 Å². The molecule has 1 aromatic heterocycles. The molecule has 0 saturated heterocycles. The van der Waals surface area contributed by atoms with Crippen LogP contribution in [0.2, 0.25) is 0 Å². The molecule has 0 bridgehead atoms. The summed E-state index contributed by atoms with van der Waals surface area (Å²) in [5, 5.41) is 0. The number of nitrogens with two attached hydrogens (primary N) is 1. The van der Waals surface area contributed by atoms with Crippen LogP contribution in [0.15, 0.2) is 29.0 Å². The molecule has 0 saturated carbocycles. The van der Waals surface area contributed by atoms with Gasteiger partial charge in [0, 0.05) is 41.3 Å². The molecule has 0 aliphatic carbocycles.